The van der Waals surface area contributed by atoms with Crippen molar-refractivity contribution in [2.24, 2.45) is 0 Å². The summed E-state index contributed by atoms with van der Waals surface area (Å²) in [4.78, 5) is 29.8. The number of carbonyl (C=O) groups excluding carboxylic acids is 1. The third-order valence-electron chi connectivity index (χ3n) is 4.68. The maximum Gasteiger partial charge on any atom is 0.321 e. The van der Waals surface area contributed by atoms with Crippen LogP contribution in [0.15, 0.2) is 0 Å². The predicted molar refractivity (Wildman–Crippen MR) is 117 cm³/mol. The molecule has 0 amide bonds. The highest BCUT2D eigenvalue weighted by Gasteiger charge is 2.16. The molecule has 0 spiro atoms. The van der Waals surface area contributed by atoms with Crippen LogP contribution in [0.4, 0.5) is 0 Å². The van der Waals surface area contributed by atoms with Crippen molar-refractivity contribution in [1.82, 2.24) is 0 Å². The summed E-state index contributed by atoms with van der Waals surface area (Å²) >= 11 is 4.36. The topological polar surface area (TPSA) is 85.2 Å². The molecule has 0 saturated heterocycles. The largest absolute Gasteiger partial charge is 0.463 e. The van der Waals surface area contributed by atoms with Gasteiger partial charge in [-0.2, -0.15) is 0 Å². The molecule has 0 radical (unpaired) electrons. The first kappa shape index (κ1) is 28.0. The van der Waals surface area contributed by atoms with Gasteiger partial charge in [0, 0.05) is 13.5 Å². The Bertz CT molecular complexity index is 416. The van der Waals surface area contributed by atoms with Crippen molar-refractivity contribution in [1.29, 1.82) is 0 Å². The van der Waals surface area contributed by atoms with E-state index in [1.54, 1.807) is 0 Å². The number of hydrogen-bond donors (Lipinski definition) is 2. The zero-order valence-corrected chi connectivity index (χ0v) is 19.5. The van der Waals surface area contributed by atoms with Gasteiger partial charge in [0.05, 0.1) is 6.61 Å². The van der Waals surface area contributed by atoms with Crippen molar-refractivity contribution >= 4 is 24.5 Å². The van der Waals surface area contributed by atoms with Crippen LogP contribution in [0.5, 0.6) is 0 Å². The van der Waals surface area contributed by atoms with Gasteiger partial charge in [-0.15, -0.1) is 0 Å². The molecule has 0 aliphatic rings. The van der Waals surface area contributed by atoms with E-state index in [-0.39, 0.29) is 19.2 Å². The van der Waals surface area contributed by atoms with E-state index in [2.05, 4.69) is 18.7 Å². The van der Waals surface area contributed by atoms with Crippen molar-refractivity contribution in [2.75, 3.05) is 20.3 Å². The number of hydrogen-bond acceptors (Lipinski definition) is 5. The van der Waals surface area contributed by atoms with Crippen LogP contribution >= 0.6 is 6.72 Å². The maximum atomic E-state index is 11.7. The molecule has 0 heterocycles. The first-order valence-corrected chi connectivity index (χ1v) is 13.4. The fourth-order valence-corrected chi connectivity index (χ4v) is 3.45. The van der Waals surface area contributed by atoms with E-state index >= 15 is 0 Å². The average molecular weight is 441 g/mol. The van der Waals surface area contributed by atoms with Crippen molar-refractivity contribution in [3.05, 3.63) is 0 Å². The lowest BCUT2D eigenvalue weighted by Crippen LogP contribution is -2.25. The standard InChI is InChI=1S/C20H41O6PS/c1-3-4-5-6-7-8-9-10-11-12-13-14-15-16-20(21)25-17-19(24-2)18-26-27(22,23)28/h19H,3-18H2,1-2H3,(H2,22,23,28). The Morgan fingerprint density at radius 1 is 0.857 bits per heavy atom. The summed E-state index contributed by atoms with van der Waals surface area (Å²) in [6.45, 7) is -1.56. The molecule has 0 bridgehead atoms. The molecule has 0 rings (SSSR count). The minimum atomic E-state index is -3.71. The van der Waals surface area contributed by atoms with E-state index < -0.39 is 12.8 Å². The maximum absolute atomic E-state index is 11.7. The van der Waals surface area contributed by atoms with Crippen molar-refractivity contribution in [3.63, 3.8) is 0 Å². The SMILES string of the molecule is CCCCCCCCCCCCCCCC(=O)OCC(COP(O)(O)=S)OC. The lowest BCUT2D eigenvalue weighted by Gasteiger charge is -2.17. The first-order chi connectivity index (χ1) is 13.4. The molecular formula is C20H41O6PS. The van der Waals surface area contributed by atoms with Gasteiger partial charge in [0.2, 0.25) is 0 Å². The van der Waals surface area contributed by atoms with E-state index in [0.717, 1.165) is 19.3 Å². The van der Waals surface area contributed by atoms with Crippen LogP contribution in [0.1, 0.15) is 96.8 Å². The molecule has 0 aliphatic heterocycles. The monoisotopic (exact) mass is 440 g/mol. The van der Waals surface area contributed by atoms with Crippen LogP contribution in [0.25, 0.3) is 0 Å². The van der Waals surface area contributed by atoms with Crippen LogP contribution in [-0.2, 0) is 30.6 Å². The molecule has 28 heavy (non-hydrogen) atoms. The minimum Gasteiger partial charge on any atom is -0.463 e. The number of unbranched alkanes of at least 4 members (excludes halogenated alkanes) is 12. The van der Waals surface area contributed by atoms with Gasteiger partial charge in [0.25, 0.3) is 0 Å². The molecule has 168 valence electrons. The number of carbonyl (C=O) groups is 1. The van der Waals surface area contributed by atoms with Gasteiger partial charge in [-0.3, -0.25) is 4.79 Å². The summed E-state index contributed by atoms with van der Waals surface area (Å²) in [5.74, 6) is -0.266. The summed E-state index contributed by atoms with van der Waals surface area (Å²) < 4.78 is 14.9. The third kappa shape index (κ3) is 20.7. The van der Waals surface area contributed by atoms with Crippen molar-refractivity contribution < 1.29 is 28.6 Å². The molecule has 1 unspecified atom stereocenters. The van der Waals surface area contributed by atoms with Gasteiger partial charge >= 0.3 is 12.7 Å². The fraction of sp³-hybridized carbons (Fsp3) is 0.950. The van der Waals surface area contributed by atoms with Gasteiger partial charge in [-0.25, -0.2) is 0 Å². The van der Waals surface area contributed by atoms with E-state index in [4.69, 9.17) is 23.8 Å². The van der Waals surface area contributed by atoms with Gasteiger partial charge in [-0.05, 0) is 18.2 Å². The van der Waals surface area contributed by atoms with E-state index in [0.29, 0.717) is 6.42 Å². The van der Waals surface area contributed by atoms with Crippen molar-refractivity contribution in [3.8, 4) is 0 Å². The molecule has 8 heteroatoms. The van der Waals surface area contributed by atoms with Gasteiger partial charge < -0.3 is 23.8 Å². The van der Waals surface area contributed by atoms with Gasteiger partial charge in [0.15, 0.2) is 0 Å². The Hall–Kier alpha value is -0.0400. The first-order valence-electron chi connectivity index (χ1n) is 10.8. The Labute approximate surface area is 176 Å². The second kappa shape index (κ2) is 19.0. The molecule has 0 aromatic heterocycles. The van der Waals surface area contributed by atoms with Gasteiger partial charge in [0.1, 0.15) is 12.7 Å². The zero-order valence-electron chi connectivity index (χ0n) is 17.8. The minimum absolute atomic E-state index is 0.0170. The van der Waals surface area contributed by atoms with E-state index in [1.807, 2.05) is 0 Å². The molecule has 0 aromatic rings. The summed E-state index contributed by atoms with van der Waals surface area (Å²) in [5.41, 5.74) is 0. The van der Waals surface area contributed by atoms with E-state index in [9.17, 15) is 4.79 Å². The Morgan fingerprint density at radius 2 is 1.32 bits per heavy atom. The Balaban J connectivity index is 3.44. The summed E-state index contributed by atoms with van der Waals surface area (Å²) in [7, 11) is 1.44. The number of rotatable bonds is 20. The molecule has 1 atom stereocenters. The van der Waals surface area contributed by atoms with Crippen LogP contribution < -0.4 is 0 Å². The summed E-state index contributed by atoms with van der Waals surface area (Å²) in [6, 6.07) is 0. The zero-order chi connectivity index (χ0) is 21.1. The highest BCUT2D eigenvalue weighted by atomic mass is 32.5. The molecule has 0 aromatic carbocycles. The second-order valence-electron chi connectivity index (χ2n) is 7.32. The molecule has 0 fully saturated rings. The smallest absolute Gasteiger partial charge is 0.321 e. The summed E-state index contributed by atoms with van der Waals surface area (Å²) in [6.07, 6.45) is 16.3. The highest BCUT2D eigenvalue weighted by molar-refractivity contribution is 8.06. The fourth-order valence-electron chi connectivity index (χ4n) is 2.91. The Morgan fingerprint density at radius 3 is 1.75 bits per heavy atom. The van der Waals surface area contributed by atoms with Crippen LogP contribution in [0.3, 0.4) is 0 Å². The molecular weight excluding hydrogens is 399 g/mol. The number of ether oxygens (including phenoxy) is 2. The molecule has 2 N–H and O–H groups in total. The molecule has 0 aliphatic carbocycles. The van der Waals surface area contributed by atoms with Crippen LogP contribution in [0.2, 0.25) is 0 Å². The highest BCUT2D eigenvalue weighted by Crippen LogP contribution is 2.36. The Kier molecular flexibility index (Phi) is 18.9. The predicted octanol–water partition coefficient (Wildman–Crippen LogP) is 5.25. The lowest BCUT2D eigenvalue weighted by molar-refractivity contribution is -0.148. The van der Waals surface area contributed by atoms with Crippen molar-refractivity contribution in [2.45, 2.75) is 103 Å². The average Bonchev–Trinajstić information content (AvgIpc) is 2.64. The van der Waals surface area contributed by atoms with Crippen LogP contribution in [-0.4, -0.2) is 42.2 Å². The third-order valence-corrected chi connectivity index (χ3v) is 5.48. The number of methoxy groups -OCH3 is 1. The quantitative estimate of drug-likeness (QED) is 0.152. The summed E-state index contributed by atoms with van der Waals surface area (Å²) in [5, 5.41) is 0. The van der Waals surface area contributed by atoms with E-state index in [1.165, 1.54) is 71.3 Å². The molecule has 0 saturated carbocycles. The number of esters is 1. The van der Waals surface area contributed by atoms with Crippen LogP contribution in [0, 0.1) is 0 Å². The van der Waals surface area contributed by atoms with Gasteiger partial charge in [-0.1, -0.05) is 84.0 Å². The molecule has 6 nitrogen and oxygen atoms in total. The lowest BCUT2D eigenvalue weighted by atomic mass is 10.0. The second-order valence-corrected chi connectivity index (χ2v) is 9.99. The normalized spacial score (nSPS) is 12.9.